The molecule has 0 spiro atoms. The van der Waals surface area contributed by atoms with Gasteiger partial charge in [0.15, 0.2) is 0 Å². The zero-order valence-electron chi connectivity index (χ0n) is 12.2. The Balaban J connectivity index is 2.31. The van der Waals surface area contributed by atoms with E-state index in [-0.39, 0.29) is 30.8 Å². The smallest absolute Gasteiger partial charge is 0.356 e. The van der Waals surface area contributed by atoms with E-state index in [2.05, 4.69) is 5.32 Å². The zero-order chi connectivity index (χ0) is 16.0. The van der Waals surface area contributed by atoms with Gasteiger partial charge in [-0.25, -0.2) is 0 Å². The van der Waals surface area contributed by atoms with Gasteiger partial charge in [0, 0.05) is 31.3 Å². The van der Waals surface area contributed by atoms with Crippen LogP contribution in [0.4, 0.5) is 13.2 Å². The first-order valence-electron chi connectivity index (χ1n) is 6.88. The number of thioether (sulfide) groups is 1. The molecule has 4 nitrogen and oxygen atoms in total. The second kappa shape index (κ2) is 7.91. The number of carbonyl (C=O) groups is 2. The summed E-state index contributed by atoms with van der Waals surface area (Å²) in [6.45, 7) is 2.50. The number of likely N-dealkylation sites (tertiary alicyclic amines) is 1. The van der Waals surface area contributed by atoms with Crippen molar-refractivity contribution in [2.24, 2.45) is 11.8 Å². The molecule has 0 radical (unpaired) electrons. The number of nitrogens with one attached hydrogen (secondary N) is 1. The van der Waals surface area contributed by atoms with E-state index < -0.39 is 12.1 Å². The normalized spacial score (nSPS) is 18.4. The van der Waals surface area contributed by atoms with Gasteiger partial charge in [-0.3, -0.25) is 9.59 Å². The van der Waals surface area contributed by atoms with Gasteiger partial charge in [-0.15, -0.1) is 0 Å². The van der Waals surface area contributed by atoms with Crippen molar-refractivity contribution in [3.63, 3.8) is 0 Å². The molecule has 21 heavy (non-hydrogen) atoms. The molecule has 8 heteroatoms. The zero-order valence-corrected chi connectivity index (χ0v) is 13.0. The predicted octanol–water partition coefficient (Wildman–Crippen LogP) is 1.90. The number of halogens is 3. The lowest BCUT2D eigenvalue weighted by Crippen LogP contribution is -2.47. The van der Waals surface area contributed by atoms with Gasteiger partial charge in [-0.05, 0) is 25.0 Å². The third-order valence-corrected chi connectivity index (χ3v) is 4.41. The van der Waals surface area contributed by atoms with Crippen molar-refractivity contribution < 1.29 is 22.8 Å². The van der Waals surface area contributed by atoms with Crippen molar-refractivity contribution in [3.05, 3.63) is 0 Å². The van der Waals surface area contributed by atoms with Crippen LogP contribution < -0.4 is 5.32 Å². The maximum Gasteiger partial charge on any atom is 0.471 e. The highest BCUT2D eigenvalue weighted by atomic mass is 32.2. The summed E-state index contributed by atoms with van der Waals surface area (Å²) in [4.78, 5) is 23.7. The summed E-state index contributed by atoms with van der Waals surface area (Å²) in [5.74, 6) is -0.999. The summed E-state index contributed by atoms with van der Waals surface area (Å²) in [7, 11) is 0. The average Bonchev–Trinajstić information content (AvgIpc) is 2.43. The van der Waals surface area contributed by atoms with Gasteiger partial charge in [-0.1, -0.05) is 6.92 Å². The number of rotatable bonds is 5. The van der Waals surface area contributed by atoms with Crippen molar-refractivity contribution in [3.8, 4) is 0 Å². The van der Waals surface area contributed by atoms with Crippen molar-refractivity contribution in [1.82, 2.24) is 10.2 Å². The van der Waals surface area contributed by atoms with E-state index in [1.807, 2.05) is 13.2 Å². The van der Waals surface area contributed by atoms with Crippen LogP contribution in [0.3, 0.4) is 0 Å². The Morgan fingerprint density at radius 3 is 2.38 bits per heavy atom. The lowest BCUT2D eigenvalue weighted by atomic mass is 9.96. The Morgan fingerprint density at radius 1 is 1.33 bits per heavy atom. The Hall–Kier alpha value is -0.920. The number of piperidine rings is 1. The van der Waals surface area contributed by atoms with E-state index in [1.54, 1.807) is 11.8 Å². The van der Waals surface area contributed by atoms with Gasteiger partial charge in [0.2, 0.25) is 5.91 Å². The SMILES string of the molecule is CSC[C@H](C)C(=O)NCC1CCN(C(=O)C(F)(F)F)CC1. The van der Waals surface area contributed by atoms with E-state index in [0.717, 1.165) is 10.7 Å². The van der Waals surface area contributed by atoms with Crippen LogP contribution in [0.1, 0.15) is 19.8 Å². The molecule has 1 rings (SSSR count). The van der Waals surface area contributed by atoms with E-state index in [1.165, 1.54) is 0 Å². The molecule has 1 atom stereocenters. The molecule has 1 aliphatic rings. The fourth-order valence-corrected chi connectivity index (χ4v) is 2.92. The van der Waals surface area contributed by atoms with Gasteiger partial charge in [0.25, 0.3) is 0 Å². The van der Waals surface area contributed by atoms with Gasteiger partial charge in [0.1, 0.15) is 0 Å². The molecule has 1 aliphatic heterocycles. The number of alkyl halides is 3. The van der Waals surface area contributed by atoms with Crippen LogP contribution in [0.2, 0.25) is 0 Å². The minimum atomic E-state index is -4.80. The monoisotopic (exact) mass is 326 g/mol. The third-order valence-electron chi connectivity index (χ3n) is 3.57. The number of hydrogen-bond acceptors (Lipinski definition) is 3. The molecule has 1 N–H and O–H groups in total. The molecule has 0 aromatic heterocycles. The summed E-state index contributed by atoms with van der Waals surface area (Å²) < 4.78 is 36.9. The topological polar surface area (TPSA) is 49.4 Å². The molecule has 2 amide bonds. The number of carbonyl (C=O) groups excluding carboxylic acids is 2. The van der Waals surface area contributed by atoms with Crippen LogP contribution in [0, 0.1) is 11.8 Å². The first-order valence-corrected chi connectivity index (χ1v) is 8.27. The van der Waals surface area contributed by atoms with E-state index in [0.29, 0.717) is 19.4 Å². The lowest BCUT2D eigenvalue weighted by molar-refractivity contribution is -0.186. The Kier molecular flexibility index (Phi) is 6.83. The standard InChI is InChI=1S/C13H21F3N2O2S/c1-9(8-21-2)11(19)17-7-10-3-5-18(6-4-10)12(20)13(14,15)16/h9-10H,3-8H2,1-2H3,(H,17,19)/t9-/m0/s1. The summed E-state index contributed by atoms with van der Waals surface area (Å²) >= 11 is 1.59. The number of hydrogen-bond donors (Lipinski definition) is 1. The quantitative estimate of drug-likeness (QED) is 0.839. The second-order valence-electron chi connectivity index (χ2n) is 5.33. The Labute approximate surface area is 126 Å². The van der Waals surface area contributed by atoms with Crippen LogP contribution in [0.25, 0.3) is 0 Å². The molecule has 1 saturated heterocycles. The van der Waals surface area contributed by atoms with Crippen LogP contribution in [0.15, 0.2) is 0 Å². The predicted molar refractivity (Wildman–Crippen MR) is 75.9 cm³/mol. The molecule has 122 valence electrons. The van der Waals surface area contributed by atoms with E-state index in [4.69, 9.17) is 0 Å². The minimum Gasteiger partial charge on any atom is -0.356 e. The van der Waals surface area contributed by atoms with Gasteiger partial charge in [0.05, 0.1) is 0 Å². The lowest BCUT2D eigenvalue weighted by Gasteiger charge is -2.32. The Morgan fingerprint density at radius 2 is 1.90 bits per heavy atom. The molecule has 0 aromatic carbocycles. The fourth-order valence-electron chi connectivity index (χ4n) is 2.26. The van der Waals surface area contributed by atoms with Crippen LogP contribution in [0.5, 0.6) is 0 Å². The van der Waals surface area contributed by atoms with E-state index in [9.17, 15) is 22.8 Å². The number of nitrogens with zero attached hydrogens (tertiary/aromatic N) is 1. The molecular formula is C13H21F3N2O2S. The molecule has 0 aromatic rings. The molecule has 0 bridgehead atoms. The Bertz CT molecular complexity index is 369. The summed E-state index contributed by atoms with van der Waals surface area (Å²) in [5, 5.41) is 2.83. The molecule has 0 aliphatic carbocycles. The second-order valence-corrected chi connectivity index (χ2v) is 6.25. The molecular weight excluding hydrogens is 305 g/mol. The highest BCUT2D eigenvalue weighted by molar-refractivity contribution is 7.98. The first-order chi connectivity index (χ1) is 9.75. The summed E-state index contributed by atoms with van der Waals surface area (Å²) in [5.41, 5.74) is 0. The highest BCUT2D eigenvalue weighted by Crippen LogP contribution is 2.23. The highest BCUT2D eigenvalue weighted by Gasteiger charge is 2.43. The van der Waals surface area contributed by atoms with Crippen LogP contribution >= 0.6 is 11.8 Å². The van der Waals surface area contributed by atoms with Crippen molar-refractivity contribution >= 4 is 23.6 Å². The van der Waals surface area contributed by atoms with Crippen LogP contribution in [-0.4, -0.2) is 54.5 Å². The van der Waals surface area contributed by atoms with Crippen LogP contribution in [-0.2, 0) is 9.59 Å². The average molecular weight is 326 g/mol. The number of amides is 2. The molecule has 0 saturated carbocycles. The van der Waals surface area contributed by atoms with Gasteiger partial charge < -0.3 is 10.2 Å². The van der Waals surface area contributed by atoms with Crippen molar-refractivity contribution in [1.29, 1.82) is 0 Å². The molecule has 1 heterocycles. The fraction of sp³-hybridized carbons (Fsp3) is 0.846. The first kappa shape index (κ1) is 18.1. The van der Waals surface area contributed by atoms with E-state index >= 15 is 0 Å². The van der Waals surface area contributed by atoms with Crippen molar-refractivity contribution in [2.45, 2.75) is 25.9 Å². The molecule has 0 unspecified atom stereocenters. The largest absolute Gasteiger partial charge is 0.471 e. The maximum atomic E-state index is 12.3. The van der Waals surface area contributed by atoms with Gasteiger partial charge in [-0.2, -0.15) is 24.9 Å². The summed E-state index contributed by atoms with van der Waals surface area (Å²) in [6.07, 6.45) is -1.90. The summed E-state index contributed by atoms with van der Waals surface area (Å²) in [6, 6.07) is 0. The minimum absolute atomic E-state index is 0.0295. The molecule has 1 fully saturated rings. The van der Waals surface area contributed by atoms with Crippen molar-refractivity contribution in [2.75, 3.05) is 31.6 Å². The van der Waals surface area contributed by atoms with Gasteiger partial charge >= 0.3 is 12.1 Å². The maximum absolute atomic E-state index is 12.3. The third kappa shape index (κ3) is 5.76.